The van der Waals surface area contributed by atoms with Crippen molar-refractivity contribution >= 4 is 27.3 Å². The van der Waals surface area contributed by atoms with Crippen molar-refractivity contribution in [2.75, 3.05) is 23.0 Å². The molecule has 0 aliphatic rings. The zero-order valence-corrected chi connectivity index (χ0v) is 11.2. The molecule has 0 bridgehead atoms. The van der Waals surface area contributed by atoms with E-state index in [1.54, 1.807) is 18.2 Å². The molecule has 98 valence electrons. The monoisotopic (exact) mass is 288 g/mol. The third-order valence-electron chi connectivity index (χ3n) is 1.96. The summed E-state index contributed by atoms with van der Waals surface area (Å²) in [6.07, 6.45) is 0.390. The second-order valence-electron chi connectivity index (χ2n) is 3.44. The number of anilines is 1. The Morgan fingerprint density at radius 3 is 2.89 bits per heavy atom. The highest BCUT2D eigenvalue weighted by Crippen LogP contribution is 2.18. The maximum absolute atomic E-state index is 11.6. The molecule has 0 amide bonds. The van der Waals surface area contributed by atoms with Crippen molar-refractivity contribution in [3.05, 3.63) is 24.3 Å². The van der Waals surface area contributed by atoms with E-state index in [-0.39, 0.29) is 12.4 Å². The third-order valence-corrected chi connectivity index (χ3v) is 3.60. The minimum Gasteiger partial charge on any atom is -0.479 e. The Morgan fingerprint density at radius 1 is 1.44 bits per heavy atom. The quantitative estimate of drug-likeness (QED) is 0.778. The second kappa shape index (κ2) is 7.09. The summed E-state index contributed by atoms with van der Waals surface area (Å²) in [5.41, 5.74) is 0.403. The zero-order chi connectivity index (χ0) is 13.4. The van der Waals surface area contributed by atoms with Gasteiger partial charge in [0.25, 0.3) is 0 Å². The number of benzene rings is 1. The molecule has 0 aromatic heterocycles. The van der Waals surface area contributed by atoms with Crippen molar-refractivity contribution in [1.29, 1.82) is 5.26 Å². The van der Waals surface area contributed by atoms with E-state index in [9.17, 15) is 8.42 Å². The van der Waals surface area contributed by atoms with E-state index in [1.807, 2.05) is 6.07 Å². The lowest BCUT2D eigenvalue weighted by atomic mass is 10.3. The molecule has 1 N–H and O–H groups in total. The van der Waals surface area contributed by atoms with Crippen LogP contribution in [0.4, 0.5) is 5.69 Å². The molecule has 0 heterocycles. The van der Waals surface area contributed by atoms with Crippen LogP contribution in [0.1, 0.15) is 6.42 Å². The van der Waals surface area contributed by atoms with Gasteiger partial charge in [0.05, 0.1) is 11.4 Å². The summed E-state index contributed by atoms with van der Waals surface area (Å²) in [5, 5.41) is 8.38. The SMILES string of the molecule is N#CCOc1cccc(NS(=O)(=O)CCCCl)c1. The molecular weight excluding hydrogens is 276 g/mol. The smallest absolute Gasteiger partial charge is 0.232 e. The van der Waals surface area contributed by atoms with Gasteiger partial charge in [0.15, 0.2) is 6.61 Å². The number of rotatable bonds is 7. The predicted octanol–water partition coefficient (Wildman–Crippen LogP) is 1.96. The van der Waals surface area contributed by atoms with E-state index < -0.39 is 10.0 Å². The first kappa shape index (κ1) is 14.6. The number of hydrogen-bond donors (Lipinski definition) is 1. The van der Waals surface area contributed by atoms with Crippen LogP contribution < -0.4 is 9.46 Å². The molecule has 0 fully saturated rings. The van der Waals surface area contributed by atoms with Crippen molar-refractivity contribution < 1.29 is 13.2 Å². The van der Waals surface area contributed by atoms with Crippen LogP contribution in [0.3, 0.4) is 0 Å². The average Bonchev–Trinajstić information content (AvgIpc) is 2.34. The fourth-order valence-electron chi connectivity index (χ4n) is 1.24. The summed E-state index contributed by atoms with van der Waals surface area (Å²) in [6, 6.07) is 8.26. The van der Waals surface area contributed by atoms with Gasteiger partial charge in [-0.05, 0) is 18.6 Å². The van der Waals surface area contributed by atoms with E-state index >= 15 is 0 Å². The van der Waals surface area contributed by atoms with Crippen LogP contribution in [-0.4, -0.2) is 26.7 Å². The van der Waals surface area contributed by atoms with Gasteiger partial charge in [-0.1, -0.05) is 6.07 Å². The van der Waals surface area contributed by atoms with Gasteiger partial charge in [-0.2, -0.15) is 5.26 Å². The van der Waals surface area contributed by atoms with Gasteiger partial charge in [-0.3, -0.25) is 4.72 Å². The van der Waals surface area contributed by atoms with Crippen molar-refractivity contribution in [2.45, 2.75) is 6.42 Å². The van der Waals surface area contributed by atoms with Crippen LogP contribution in [0.2, 0.25) is 0 Å². The summed E-state index contributed by atoms with van der Waals surface area (Å²) in [6.45, 7) is -0.0809. The molecule has 0 radical (unpaired) electrons. The first-order valence-electron chi connectivity index (χ1n) is 5.23. The van der Waals surface area contributed by atoms with E-state index in [0.717, 1.165) is 0 Å². The molecule has 0 unspecified atom stereocenters. The first-order valence-corrected chi connectivity index (χ1v) is 7.42. The molecule has 1 aromatic carbocycles. The number of hydrogen-bond acceptors (Lipinski definition) is 4. The molecule has 0 saturated carbocycles. The summed E-state index contributed by atoms with van der Waals surface area (Å²) in [5.74, 6) is 0.709. The van der Waals surface area contributed by atoms with Gasteiger partial charge in [-0.25, -0.2) is 8.42 Å². The van der Waals surface area contributed by atoms with Crippen LogP contribution in [-0.2, 0) is 10.0 Å². The summed E-state index contributed by atoms with van der Waals surface area (Å²) < 4.78 is 30.7. The van der Waals surface area contributed by atoms with Crippen molar-refractivity contribution in [1.82, 2.24) is 0 Å². The summed E-state index contributed by atoms with van der Waals surface area (Å²) >= 11 is 5.45. The van der Waals surface area contributed by atoms with Gasteiger partial charge < -0.3 is 4.74 Å². The summed E-state index contributed by atoms with van der Waals surface area (Å²) in [7, 11) is -3.39. The van der Waals surface area contributed by atoms with E-state index in [2.05, 4.69) is 4.72 Å². The maximum atomic E-state index is 11.6. The Bertz CT molecular complexity index is 525. The number of alkyl halides is 1. The molecule has 0 aliphatic carbocycles. The van der Waals surface area contributed by atoms with Crippen LogP contribution in [0.5, 0.6) is 5.75 Å². The first-order chi connectivity index (χ1) is 8.57. The van der Waals surface area contributed by atoms with Crippen LogP contribution in [0.15, 0.2) is 24.3 Å². The average molecular weight is 289 g/mol. The number of nitrogens with one attached hydrogen (secondary N) is 1. The summed E-state index contributed by atoms with van der Waals surface area (Å²) in [4.78, 5) is 0. The van der Waals surface area contributed by atoms with Crippen molar-refractivity contribution in [3.63, 3.8) is 0 Å². The third kappa shape index (κ3) is 5.25. The Balaban J connectivity index is 2.70. The number of nitrogens with zero attached hydrogens (tertiary/aromatic N) is 1. The highest BCUT2D eigenvalue weighted by molar-refractivity contribution is 7.92. The predicted molar refractivity (Wildman–Crippen MR) is 70.3 cm³/mol. The number of nitriles is 1. The Morgan fingerprint density at radius 2 is 2.22 bits per heavy atom. The number of sulfonamides is 1. The molecule has 1 aromatic rings. The second-order valence-corrected chi connectivity index (χ2v) is 5.66. The topological polar surface area (TPSA) is 79.2 Å². The van der Waals surface area contributed by atoms with Crippen LogP contribution in [0.25, 0.3) is 0 Å². The van der Waals surface area contributed by atoms with E-state index in [1.165, 1.54) is 6.07 Å². The van der Waals surface area contributed by atoms with Gasteiger partial charge in [-0.15, -0.1) is 11.6 Å². The fourth-order valence-corrected chi connectivity index (χ4v) is 2.64. The minimum absolute atomic E-state index is 0.0280. The molecule has 18 heavy (non-hydrogen) atoms. The largest absolute Gasteiger partial charge is 0.479 e. The normalized spacial score (nSPS) is 10.7. The minimum atomic E-state index is -3.39. The molecule has 0 saturated heterocycles. The molecule has 1 rings (SSSR count). The molecular formula is C11H13ClN2O3S. The van der Waals surface area contributed by atoms with Gasteiger partial charge >= 0.3 is 0 Å². The lowest BCUT2D eigenvalue weighted by Crippen LogP contribution is -2.17. The van der Waals surface area contributed by atoms with Gasteiger partial charge in [0, 0.05) is 11.9 Å². The maximum Gasteiger partial charge on any atom is 0.232 e. The van der Waals surface area contributed by atoms with Gasteiger partial charge in [0.2, 0.25) is 10.0 Å². The van der Waals surface area contributed by atoms with Gasteiger partial charge in [0.1, 0.15) is 11.8 Å². The molecule has 0 atom stereocenters. The number of ether oxygens (including phenoxy) is 1. The Labute approximate surface area is 111 Å². The van der Waals surface area contributed by atoms with Crippen LogP contribution in [0, 0.1) is 11.3 Å². The standard InChI is InChI=1S/C11H13ClN2O3S/c12-5-2-8-18(15,16)14-10-3-1-4-11(9-10)17-7-6-13/h1,3-4,9,14H,2,5,7-8H2. The molecule has 0 spiro atoms. The van der Waals surface area contributed by atoms with Crippen molar-refractivity contribution in [2.24, 2.45) is 0 Å². The Hall–Kier alpha value is -1.45. The Kier molecular flexibility index (Phi) is 5.75. The van der Waals surface area contributed by atoms with E-state index in [0.29, 0.717) is 23.7 Å². The fraction of sp³-hybridized carbons (Fsp3) is 0.364. The van der Waals surface area contributed by atoms with Crippen molar-refractivity contribution in [3.8, 4) is 11.8 Å². The molecule has 7 heteroatoms. The highest BCUT2D eigenvalue weighted by atomic mass is 35.5. The highest BCUT2D eigenvalue weighted by Gasteiger charge is 2.10. The number of halogens is 1. The van der Waals surface area contributed by atoms with E-state index in [4.69, 9.17) is 21.6 Å². The molecule has 5 nitrogen and oxygen atoms in total. The lowest BCUT2D eigenvalue weighted by molar-refractivity contribution is 0.368. The lowest BCUT2D eigenvalue weighted by Gasteiger charge is -2.08. The van der Waals surface area contributed by atoms with Crippen LogP contribution >= 0.6 is 11.6 Å². The zero-order valence-electron chi connectivity index (χ0n) is 9.60. The molecule has 0 aliphatic heterocycles.